The van der Waals surface area contributed by atoms with Gasteiger partial charge in [-0.2, -0.15) is 0 Å². The third-order valence-corrected chi connectivity index (χ3v) is 8.03. The monoisotopic (exact) mass is 620 g/mol. The third kappa shape index (κ3) is 8.91. The zero-order chi connectivity index (χ0) is 32.1. The van der Waals surface area contributed by atoms with E-state index < -0.39 is 23.9 Å². The van der Waals surface area contributed by atoms with E-state index in [1.54, 1.807) is 48.5 Å². The highest BCUT2D eigenvalue weighted by Gasteiger charge is 2.26. The zero-order valence-corrected chi connectivity index (χ0v) is 25.5. The van der Waals surface area contributed by atoms with Gasteiger partial charge in [0.15, 0.2) is 0 Å². The second-order valence-corrected chi connectivity index (χ2v) is 11.3. The van der Waals surface area contributed by atoms with E-state index in [1.165, 1.54) is 0 Å². The highest BCUT2D eigenvalue weighted by atomic mass is 16.5. The number of rotatable bonds is 12. The summed E-state index contributed by atoms with van der Waals surface area (Å²) < 4.78 is 22.1. The molecule has 5 rings (SSSR count). The van der Waals surface area contributed by atoms with E-state index in [4.69, 9.17) is 18.9 Å². The van der Waals surface area contributed by atoms with E-state index in [2.05, 4.69) is 0 Å². The van der Waals surface area contributed by atoms with Crippen LogP contribution in [0.3, 0.4) is 0 Å². The van der Waals surface area contributed by atoms with Gasteiger partial charge in [0.2, 0.25) is 0 Å². The molecule has 0 N–H and O–H groups in total. The summed E-state index contributed by atoms with van der Waals surface area (Å²) in [6.07, 6.45) is 3.22. The van der Waals surface area contributed by atoms with Gasteiger partial charge in [-0.05, 0) is 72.9 Å². The number of carbonyl (C=O) groups excluding carboxylic acids is 4. The Balaban J connectivity index is 1.05. The van der Waals surface area contributed by atoms with Crippen molar-refractivity contribution in [2.45, 2.75) is 38.9 Å². The van der Waals surface area contributed by atoms with Gasteiger partial charge in [-0.15, -0.1) is 0 Å². The van der Waals surface area contributed by atoms with Crippen LogP contribution in [0.25, 0.3) is 0 Å². The van der Waals surface area contributed by atoms with Crippen LogP contribution in [0.15, 0.2) is 109 Å². The van der Waals surface area contributed by atoms with Crippen molar-refractivity contribution < 1.29 is 38.1 Å². The molecule has 0 aliphatic heterocycles. The minimum absolute atomic E-state index is 0.107. The summed E-state index contributed by atoms with van der Waals surface area (Å²) in [5, 5.41) is 0. The Morgan fingerprint density at radius 3 is 1.02 bits per heavy atom. The molecule has 4 aromatic carbocycles. The molecule has 0 radical (unpaired) electrons. The van der Waals surface area contributed by atoms with Crippen LogP contribution < -0.4 is 0 Å². The van der Waals surface area contributed by atoms with E-state index >= 15 is 0 Å². The standard InChI is InChI=1S/C38H36O8/c39-35(43-23-27-11-3-1-4-12-27)31-15-7-9-17-33(31)37(41)45-25-29-19-21-30(22-20-29)26-46-38(42)34-18-10-8-16-32(34)36(40)44-24-28-13-5-2-6-14-28/h1-18,29-30H,19-26H2. The van der Waals surface area contributed by atoms with Gasteiger partial charge in [-0.25, -0.2) is 19.2 Å². The first-order chi connectivity index (χ1) is 22.5. The lowest BCUT2D eigenvalue weighted by Crippen LogP contribution is -2.24. The Labute approximate surface area is 268 Å². The lowest BCUT2D eigenvalue weighted by Gasteiger charge is -2.28. The fraction of sp³-hybridized carbons (Fsp3) is 0.263. The van der Waals surface area contributed by atoms with Crippen molar-refractivity contribution in [1.29, 1.82) is 0 Å². The number of carbonyl (C=O) groups is 4. The molecule has 8 nitrogen and oxygen atoms in total. The molecule has 1 aliphatic carbocycles. The molecule has 8 heteroatoms. The predicted molar refractivity (Wildman–Crippen MR) is 170 cm³/mol. The molecular formula is C38H36O8. The first kappa shape index (κ1) is 32.2. The largest absolute Gasteiger partial charge is 0.462 e. The quantitative estimate of drug-likeness (QED) is 0.121. The molecule has 0 unspecified atom stereocenters. The zero-order valence-electron chi connectivity index (χ0n) is 25.5. The summed E-state index contributed by atoms with van der Waals surface area (Å²) in [6.45, 7) is 0.680. The molecule has 1 fully saturated rings. The van der Waals surface area contributed by atoms with Gasteiger partial charge in [0.25, 0.3) is 0 Å². The second-order valence-electron chi connectivity index (χ2n) is 11.3. The van der Waals surface area contributed by atoms with Crippen molar-refractivity contribution in [1.82, 2.24) is 0 Å². The summed E-state index contributed by atoms with van der Waals surface area (Å²) >= 11 is 0. The van der Waals surface area contributed by atoms with Crippen LogP contribution >= 0.6 is 0 Å². The fourth-order valence-corrected chi connectivity index (χ4v) is 5.39. The summed E-state index contributed by atoms with van der Waals surface area (Å²) in [7, 11) is 0. The van der Waals surface area contributed by atoms with E-state index in [-0.39, 0.29) is 60.5 Å². The Morgan fingerprint density at radius 2 is 0.696 bits per heavy atom. The van der Waals surface area contributed by atoms with E-state index in [1.807, 2.05) is 60.7 Å². The normalized spacial score (nSPS) is 15.7. The van der Waals surface area contributed by atoms with Gasteiger partial charge < -0.3 is 18.9 Å². The summed E-state index contributed by atoms with van der Waals surface area (Å²) in [5.74, 6) is -1.98. The van der Waals surface area contributed by atoms with Crippen molar-refractivity contribution in [3.63, 3.8) is 0 Å². The van der Waals surface area contributed by atoms with E-state index in [0.717, 1.165) is 36.8 Å². The lowest BCUT2D eigenvalue weighted by atomic mass is 9.83. The molecule has 0 aromatic heterocycles. The average molecular weight is 621 g/mol. The molecule has 1 aliphatic rings. The van der Waals surface area contributed by atoms with Crippen molar-refractivity contribution in [2.24, 2.45) is 11.8 Å². The number of esters is 4. The first-order valence-corrected chi connectivity index (χ1v) is 15.4. The number of benzene rings is 4. The summed E-state index contributed by atoms with van der Waals surface area (Å²) in [5.41, 5.74) is 2.38. The highest BCUT2D eigenvalue weighted by molar-refractivity contribution is 6.03. The van der Waals surface area contributed by atoms with Gasteiger partial charge in [0.1, 0.15) is 13.2 Å². The van der Waals surface area contributed by atoms with Gasteiger partial charge >= 0.3 is 23.9 Å². The molecule has 0 saturated heterocycles. The first-order valence-electron chi connectivity index (χ1n) is 15.4. The topological polar surface area (TPSA) is 105 Å². The third-order valence-electron chi connectivity index (χ3n) is 8.03. The lowest BCUT2D eigenvalue weighted by molar-refractivity contribution is 0.0289. The van der Waals surface area contributed by atoms with E-state index in [0.29, 0.717) is 0 Å². The molecule has 0 bridgehead atoms. The Hall–Kier alpha value is -5.24. The molecule has 0 atom stereocenters. The van der Waals surface area contributed by atoms with Crippen molar-refractivity contribution in [2.75, 3.05) is 13.2 Å². The molecule has 46 heavy (non-hydrogen) atoms. The minimum atomic E-state index is -0.585. The van der Waals surface area contributed by atoms with Crippen LogP contribution in [-0.4, -0.2) is 37.1 Å². The Kier molecular flexibility index (Phi) is 11.3. The van der Waals surface area contributed by atoms with Gasteiger partial charge in [0.05, 0.1) is 35.5 Å². The molecule has 0 heterocycles. The Bertz CT molecular complexity index is 1500. The van der Waals surface area contributed by atoms with Gasteiger partial charge in [-0.3, -0.25) is 0 Å². The molecule has 4 aromatic rings. The average Bonchev–Trinajstić information content (AvgIpc) is 3.12. The molecule has 0 amide bonds. The fourth-order valence-electron chi connectivity index (χ4n) is 5.39. The summed E-state index contributed by atoms with van der Waals surface area (Å²) in [4.78, 5) is 51.3. The van der Waals surface area contributed by atoms with Crippen LogP contribution in [0, 0.1) is 11.8 Å². The summed E-state index contributed by atoms with van der Waals surface area (Å²) in [6, 6.07) is 31.6. The minimum Gasteiger partial charge on any atom is -0.462 e. The van der Waals surface area contributed by atoms with Crippen LogP contribution in [0.5, 0.6) is 0 Å². The number of hydrogen-bond donors (Lipinski definition) is 0. The molecule has 236 valence electrons. The maximum Gasteiger partial charge on any atom is 0.339 e. The van der Waals surface area contributed by atoms with Crippen LogP contribution in [0.4, 0.5) is 0 Å². The smallest absolute Gasteiger partial charge is 0.339 e. The van der Waals surface area contributed by atoms with Gasteiger partial charge in [-0.1, -0.05) is 84.9 Å². The predicted octanol–water partition coefficient (Wildman–Crippen LogP) is 7.22. The number of ether oxygens (including phenoxy) is 4. The SMILES string of the molecule is O=C(OCc1ccccc1)c1ccccc1C(=O)OCC1CCC(COC(=O)c2ccccc2C(=O)OCc2ccccc2)CC1. The van der Waals surface area contributed by atoms with Crippen LogP contribution in [0.2, 0.25) is 0 Å². The van der Waals surface area contributed by atoms with Crippen molar-refractivity contribution >= 4 is 23.9 Å². The Morgan fingerprint density at radius 1 is 0.413 bits per heavy atom. The molecule has 1 saturated carbocycles. The van der Waals surface area contributed by atoms with Crippen LogP contribution in [-0.2, 0) is 32.2 Å². The maximum absolute atomic E-state index is 12.9. The highest BCUT2D eigenvalue weighted by Crippen LogP contribution is 2.30. The van der Waals surface area contributed by atoms with Crippen LogP contribution in [0.1, 0.15) is 78.2 Å². The molecule has 0 spiro atoms. The van der Waals surface area contributed by atoms with Gasteiger partial charge in [0, 0.05) is 0 Å². The van der Waals surface area contributed by atoms with Crippen molar-refractivity contribution in [3.05, 3.63) is 143 Å². The maximum atomic E-state index is 12.9. The number of hydrogen-bond acceptors (Lipinski definition) is 8. The van der Waals surface area contributed by atoms with Crippen molar-refractivity contribution in [3.8, 4) is 0 Å². The second kappa shape index (κ2) is 16.2. The molecular weight excluding hydrogens is 584 g/mol. The van der Waals surface area contributed by atoms with E-state index in [9.17, 15) is 19.2 Å².